The van der Waals surface area contributed by atoms with Crippen molar-refractivity contribution in [2.75, 3.05) is 39.3 Å². The average Bonchev–Trinajstić information content (AvgIpc) is 3.47. The van der Waals surface area contributed by atoms with Gasteiger partial charge in [-0.05, 0) is 59.7 Å². The van der Waals surface area contributed by atoms with Gasteiger partial charge in [-0.2, -0.15) is 0 Å². The molecule has 4 heterocycles. The summed E-state index contributed by atoms with van der Waals surface area (Å²) in [5, 5.41) is 2.85. The smallest absolute Gasteiger partial charge is 0.289 e. The van der Waals surface area contributed by atoms with Gasteiger partial charge in [-0.15, -0.1) is 11.3 Å². The highest BCUT2D eigenvalue weighted by Crippen LogP contribution is 2.38. The fourth-order valence-electron chi connectivity index (χ4n) is 4.77. The molecule has 1 atom stereocenters. The number of benzene rings is 1. The normalized spacial score (nSPS) is 19.2. The standard InChI is InChI=1S/C25H26ClN3O3S/c26-19-6-4-18(5-7-19)24-20-9-16-33-22(20)8-12-29(24)17-23(30)27-10-2-11-28(14-13-27)25(31)21-3-1-15-32-21/h1,3-7,9,15-16,24H,2,8,10-14,17H2. The van der Waals surface area contributed by atoms with Gasteiger partial charge in [0.05, 0.1) is 18.8 Å². The number of rotatable bonds is 4. The monoisotopic (exact) mass is 483 g/mol. The van der Waals surface area contributed by atoms with Crippen molar-refractivity contribution in [1.29, 1.82) is 0 Å². The van der Waals surface area contributed by atoms with Gasteiger partial charge >= 0.3 is 0 Å². The molecule has 0 bridgehead atoms. The lowest BCUT2D eigenvalue weighted by Crippen LogP contribution is -2.45. The van der Waals surface area contributed by atoms with Crippen LogP contribution in [0.2, 0.25) is 5.02 Å². The maximum absolute atomic E-state index is 13.3. The molecule has 2 aliphatic heterocycles. The minimum absolute atomic E-state index is 0.0465. The number of hydrogen-bond donors (Lipinski definition) is 0. The van der Waals surface area contributed by atoms with Crippen LogP contribution in [0.5, 0.6) is 0 Å². The fourth-order valence-corrected chi connectivity index (χ4v) is 5.80. The Balaban J connectivity index is 1.28. The molecule has 2 aromatic heterocycles. The highest BCUT2D eigenvalue weighted by molar-refractivity contribution is 7.10. The van der Waals surface area contributed by atoms with Gasteiger partial charge in [0.1, 0.15) is 0 Å². The molecule has 1 saturated heterocycles. The second-order valence-corrected chi connectivity index (χ2v) is 9.91. The zero-order valence-electron chi connectivity index (χ0n) is 18.3. The Labute approximate surface area is 202 Å². The summed E-state index contributed by atoms with van der Waals surface area (Å²) in [4.78, 5) is 33.3. The van der Waals surface area contributed by atoms with E-state index in [4.69, 9.17) is 16.0 Å². The Bertz CT molecular complexity index is 1110. The van der Waals surface area contributed by atoms with Crippen molar-refractivity contribution >= 4 is 34.8 Å². The number of carbonyl (C=O) groups excluding carboxylic acids is 2. The first-order chi connectivity index (χ1) is 16.1. The van der Waals surface area contributed by atoms with Crippen LogP contribution in [0.4, 0.5) is 0 Å². The van der Waals surface area contributed by atoms with E-state index in [1.165, 1.54) is 16.7 Å². The van der Waals surface area contributed by atoms with Crippen molar-refractivity contribution in [3.8, 4) is 0 Å². The van der Waals surface area contributed by atoms with Crippen LogP contribution < -0.4 is 0 Å². The van der Waals surface area contributed by atoms with E-state index in [0.29, 0.717) is 43.5 Å². The van der Waals surface area contributed by atoms with E-state index >= 15 is 0 Å². The van der Waals surface area contributed by atoms with Gasteiger partial charge in [-0.1, -0.05) is 23.7 Å². The second-order valence-electron chi connectivity index (χ2n) is 8.48. The quantitative estimate of drug-likeness (QED) is 0.554. The van der Waals surface area contributed by atoms with Crippen molar-refractivity contribution in [3.63, 3.8) is 0 Å². The lowest BCUT2D eigenvalue weighted by atomic mass is 9.93. The van der Waals surface area contributed by atoms with Crippen LogP contribution >= 0.6 is 22.9 Å². The molecule has 172 valence electrons. The third kappa shape index (κ3) is 4.71. The number of nitrogens with zero attached hydrogens (tertiary/aromatic N) is 3. The number of hydrogen-bond acceptors (Lipinski definition) is 5. The maximum Gasteiger partial charge on any atom is 0.289 e. The zero-order valence-corrected chi connectivity index (χ0v) is 19.9. The number of carbonyl (C=O) groups is 2. The fraction of sp³-hybridized carbons (Fsp3) is 0.360. The molecule has 1 aromatic carbocycles. The molecule has 0 spiro atoms. The van der Waals surface area contributed by atoms with Gasteiger partial charge in [-0.3, -0.25) is 14.5 Å². The lowest BCUT2D eigenvalue weighted by molar-refractivity contribution is -0.132. The maximum atomic E-state index is 13.3. The van der Waals surface area contributed by atoms with Gasteiger partial charge in [0.15, 0.2) is 5.76 Å². The summed E-state index contributed by atoms with van der Waals surface area (Å²) in [5.41, 5.74) is 2.44. The van der Waals surface area contributed by atoms with E-state index in [9.17, 15) is 9.59 Å². The summed E-state index contributed by atoms with van der Waals surface area (Å²) in [6.07, 6.45) is 3.22. The molecular formula is C25H26ClN3O3S. The number of furan rings is 1. The van der Waals surface area contributed by atoms with E-state index in [0.717, 1.165) is 24.9 Å². The summed E-state index contributed by atoms with van der Waals surface area (Å²) in [6.45, 7) is 3.52. The van der Waals surface area contributed by atoms with Crippen molar-refractivity contribution in [1.82, 2.24) is 14.7 Å². The van der Waals surface area contributed by atoms with Gasteiger partial charge in [-0.25, -0.2) is 0 Å². The van der Waals surface area contributed by atoms with Crippen LogP contribution in [0.3, 0.4) is 0 Å². The summed E-state index contributed by atoms with van der Waals surface area (Å²) in [7, 11) is 0. The second kappa shape index (κ2) is 9.71. The van der Waals surface area contributed by atoms with E-state index in [1.54, 1.807) is 28.4 Å². The van der Waals surface area contributed by atoms with Crippen LogP contribution in [-0.4, -0.2) is 65.8 Å². The van der Waals surface area contributed by atoms with Crippen molar-refractivity contribution in [2.24, 2.45) is 0 Å². The predicted octanol–water partition coefficient (Wildman–Crippen LogP) is 4.32. The molecule has 3 aromatic rings. The van der Waals surface area contributed by atoms with Crippen LogP contribution in [0.15, 0.2) is 58.5 Å². The Morgan fingerprint density at radius 1 is 1.00 bits per heavy atom. The molecule has 0 radical (unpaired) electrons. The molecule has 6 nitrogen and oxygen atoms in total. The predicted molar refractivity (Wildman–Crippen MR) is 129 cm³/mol. The van der Waals surface area contributed by atoms with E-state index in [2.05, 4.69) is 28.5 Å². The molecule has 0 saturated carbocycles. The summed E-state index contributed by atoms with van der Waals surface area (Å²) in [5.74, 6) is 0.346. The first-order valence-corrected chi connectivity index (χ1v) is 12.5. The van der Waals surface area contributed by atoms with Gasteiger partial charge in [0.25, 0.3) is 5.91 Å². The minimum atomic E-state index is -0.113. The Hall–Kier alpha value is -2.61. The lowest BCUT2D eigenvalue weighted by Gasteiger charge is -2.37. The molecule has 33 heavy (non-hydrogen) atoms. The molecule has 2 amide bonds. The molecule has 8 heteroatoms. The summed E-state index contributed by atoms with van der Waals surface area (Å²) >= 11 is 7.92. The third-order valence-electron chi connectivity index (χ3n) is 6.46. The first kappa shape index (κ1) is 22.2. The van der Waals surface area contributed by atoms with Crippen molar-refractivity contribution in [2.45, 2.75) is 18.9 Å². The Morgan fingerprint density at radius 2 is 1.79 bits per heavy atom. The first-order valence-electron chi connectivity index (χ1n) is 11.3. The summed E-state index contributed by atoms with van der Waals surface area (Å²) < 4.78 is 5.26. The molecule has 0 N–H and O–H groups in total. The highest BCUT2D eigenvalue weighted by atomic mass is 35.5. The van der Waals surface area contributed by atoms with E-state index in [1.807, 2.05) is 17.0 Å². The van der Waals surface area contributed by atoms with Gasteiger partial charge in [0.2, 0.25) is 5.91 Å². The van der Waals surface area contributed by atoms with E-state index in [-0.39, 0.29) is 17.9 Å². The highest BCUT2D eigenvalue weighted by Gasteiger charge is 2.32. The van der Waals surface area contributed by atoms with Crippen LogP contribution in [0, 0.1) is 0 Å². The zero-order chi connectivity index (χ0) is 22.8. The Kier molecular flexibility index (Phi) is 6.53. The number of halogens is 1. The Morgan fingerprint density at radius 3 is 2.58 bits per heavy atom. The van der Waals surface area contributed by atoms with Crippen molar-refractivity contribution in [3.05, 3.63) is 80.9 Å². The number of amides is 2. The minimum Gasteiger partial charge on any atom is -0.459 e. The molecule has 5 rings (SSSR count). The van der Waals surface area contributed by atoms with Gasteiger partial charge in [0, 0.05) is 42.6 Å². The third-order valence-corrected chi connectivity index (χ3v) is 7.71. The average molecular weight is 484 g/mol. The molecule has 1 unspecified atom stereocenters. The molecular weight excluding hydrogens is 458 g/mol. The van der Waals surface area contributed by atoms with Crippen LogP contribution in [-0.2, 0) is 11.2 Å². The number of thiophene rings is 1. The largest absolute Gasteiger partial charge is 0.459 e. The van der Waals surface area contributed by atoms with Crippen LogP contribution in [0.1, 0.15) is 39.0 Å². The number of fused-ring (bicyclic) bond motifs is 1. The molecule has 2 aliphatic rings. The summed E-state index contributed by atoms with van der Waals surface area (Å²) in [6, 6.07) is 13.6. The van der Waals surface area contributed by atoms with Crippen LogP contribution in [0.25, 0.3) is 0 Å². The topological polar surface area (TPSA) is 57.0 Å². The molecule has 1 fully saturated rings. The van der Waals surface area contributed by atoms with Crippen molar-refractivity contribution < 1.29 is 14.0 Å². The molecule has 0 aliphatic carbocycles. The van der Waals surface area contributed by atoms with Gasteiger partial charge < -0.3 is 14.2 Å². The SMILES string of the molecule is O=C(CN1CCc2sccc2C1c1ccc(Cl)cc1)N1CCCN(C(=O)c2ccco2)CC1. The van der Waals surface area contributed by atoms with E-state index < -0.39 is 0 Å².